The highest BCUT2D eigenvalue weighted by atomic mass is 32.1. The van der Waals surface area contributed by atoms with Crippen LogP contribution in [0.4, 0.5) is 5.82 Å². The number of nitrogens with zero attached hydrogens (tertiary/aromatic N) is 6. The first-order chi connectivity index (χ1) is 14.2. The van der Waals surface area contributed by atoms with Gasteiger partial charge in [0, 0.05) is 29.4 Å². The molecule has 7 heteroatoms. The fourth-order valence-electron chi connectivity index (χ4n) is 4.14. The van der Waals surface area contributed by atoms with E-state index in [0.29, 0.717) is 5.92 Å². The average molecular weight is 405 g/mol. The molecule has 1 unspecified atom stereocenters. The van der Waals surface area contributed by atoms with Gasteiger partial charge in [-0.05, 0) is 42.3 Å². The van der Waals surface area contributed by atoms with Crippen LogP contribution in [-0.2, 0) is 6.54 Å². The number of fused-ring (bicyclic) bond motifs is 1. The Morgan fingerprint density at radius 3 is 2.90 bits per heavy atom. The number of para-hydroxylation sites is 1. The molecule has 5 rings (SSSR count). The molecule has 1 aromatic carbocycles. The molecule has 0 aliphatic carbocycles. The van der Waals surface area contributed by atoms with Crippen LogP contribution in [0.3, 0.4) is 0 Å². The standard InChI is InChI=1S/C22H24N6S/c1-15(2)12-27-14-23-26-22(27)19-8-5-10-28(19)21-17-6-3-4-7-18(17)24-20(25-21)16-9-11-29-13-16/h3-4,6-7,9,11,13-15,19H,5,8,10,12H2,1-2H3. The maximum absolute atomic E-state index is 5.04. The van der Waals surface area contributed by atoms with Gasteiger partial charge in [-0.2, -0.15) is 11.3 Å². The Hall–Kier alpha value is -2.80. The van der Waals surface area contributed by atoms with Gasteiger partial charge in [0.05, 0.1) is 11.6 Å². The Morgan fingerprint density at radius 1 is 1.17 bits per heavy atom. The molecule has 4 aromatic rings. The quantitative estimate of drug-likeness (QED) is 0.471. The van der Waals surface area contributed by atoms with Gasteiger partial charge in [-0.3, -0.25) is 0 Å². The summed E-state index contributed by atoms with van der Waals surface area (Å²) in [6, 6.07) is 10.6. The van der Waals surface area contributed by atoms with Crippen LogP contribution in [0.1, 0.15) is 38.6 Å². The lowest BCUT2D eigenvalue weighted by Crippen LogP contribution is -2.27. The number of aromatic nitrogens is 5. The molecule has 1 fully saturated rings. The van der Waals surface area contributed by atoms with E-state index in [1.165, 1.54) is 0 Å². The molecule has 0 spiro atoms. The van der Waals surface area contributed by atoms with Crippen molar-refractivity contribution in [3.63, 3.8) is 0 Å². The number of rotatable bonds is 5. The maximum atomic E-state index is 5.04. The molecule has 0 amide bonds. The van der Waals surface area contributed by atoms with Crippen molar-refractivity contribution in [1.82, 2.24) is 24.7 Å². The molecule has 29 heavy (non-hydrogen) atoms. The Labute approximate surface area is 174 Å². The third kappa shape index (κ3) is 3.40. The molecule has 148 valence electrons. The lowest BCUT2D eigenvalue weighted by atomic mass is 10.1. The van der Waals surface area contributed by atoms with E-state index >= 15 is 0 Å². The molecular formula is C22H24N6S. The van der Waals surface area contributed by atoms with E-state index in [-0.39, 0.29) is 6.04 Å². The molecule has 1 atom stereocenters. The second-order valence-corrected chi connectivity index (χ2v) is 8.77. The van der Waals surface area contributed by atoms with Crippen molar-refractivity contribution < 1.29 is 0 Å². The summed E-state index contributed by atoms with van der Waals surface area (Å²) >= 11 is 1.67. The molecule has 4 heterocycles. The first-order valence-corrected chi connectivity index (χ1v) is 11.1. The largest absolute Gasteiger partial charge is 0.346 e. The normalized spacial score (nSPS) is 16.9. The number of benzene rings is 1. The van der Waals surface area contributed by atoms with Crippen LogP contribution in [0.25, 0.3) is 22.3 Å². The Balaban J connectivity index is 1.62. The highest BCUT2D eigenvalue weighted by Gasteiger charge is 2.32. The van der Waals surface area contributed by atoms with Gasteiger partial charge in [-0.15, -0.1) is 10.2 Å². The van der Waals surface area contributed by atoms with Crippen molar-refractivity contribution >= 4 is 28.1 Å². The molecule has 0 saturated carbocycles. The Bertz CT molecular complexity index is 1120. The Kier molecular flexibility index (Phi) is 4.75. The maximum Gasteiger partial charge on any atom is 0.162 e. The molecule has 6 nitrogen and oxygen atoms in total. The van der Waals surface area contributed by atoms with E-state index in [4.69, 9.17) is 9.97 Å². The number of anilines is 1. The molecule has 1 saturated heterocycles. The monoisotopic (exact) mass is 404 g/mol. The smallest absolute Gasteiger partial charge is 0.162 e. The fraction of sp³-hybridized carbons (Fsp3) is 0.364. The second-order valence-electron chi connectivity index (χ2n) is 7.99. The number of hydrogen-bond acceptors (Lipinski definition) is 6. The van der Waals surface area contributed by atoms with Gasteiger partial charge in [0.25, 0.3) is 0 Å². The predicted octanol–water partition coefficient (Wildman–Crippen LogP) is 4.95. The average Bonchev–Trinajstić information content (AvgIpc) is 3.47. The summed E-state index contributed by atoms with van der Waals surface area (Å²) in [5.74, 6) is 3.37. The summed E-state index contributed by atoms with van der Waals surface area (Å²) in [6.07, 6.45) is 4.04. The van der Waals surface area contributed by atoms with E-state index in [9.17, 15) is 0 Å². The van der Waals surface area contributed by atoms with Crippen molar-refractivity contribution in [3.8, 4) is 11.4 Å². The third-order valence-electron chi connectivity index (χ3n) is 5.39. The summed E-state index contributed by atoms with van der Waals surface area (Å²) in [6.45, 7) is 6.34. The van der Waals surface area contributed by atoms with E-state index < -0.39 is 0 Å². The minimum absolute atomic E-state index is 0.185. The lowest BCUT2D eigenvalue weighted by Gasteiger charge is -2.27. The summed E-state index contributed by atoms with van der Waals surface area (Å²) in [5, 5.41) is 14.0. The van der Waals surface area contributed by atoms with Crippen LogP contribution in [0, 0.1) is 5.92 Å². The molecule has 0 radical (unpaired) electrons. The highest BCUT2D eigenvalue weighted by molar-refractivity contribution is 7.08. The minimum atomic E-state index is 0.185. The number of thiophene rings is 1. The number of hydrogen-bond donors (Lipinski definition) is 0. The summed E-state index contributed by atoms with van der Waals surface area (Å²) in [7, 11) is 0. The first kappa shape index (κ1) is 18.2. The second kappa shape index (κ2) is 7.55. The van der Waals surface area contributed by atoms with Crippen LogP contribution < -0.4 is 4.90 Å². The zero-order chi connectivity index (χ0) is 19.8. The van der Waals surface area contributed by atoms with E-state index in [1.807, 2.05) is 12.4 Å². The minimum Gasteiger partial charge on any atom is -0.346 e. The summed E-state index contributed by atoms with van der Waals surface area (Å²) in [4.78, 5) is 12.3. The van der Waals surface area contributed by atoms with Gasteiger partial charge in [0.1, 0.15) is 12.1 Å². The van der Waals surface area contributed by atoms with E-state index in [1.54, 1.807) is 11.3 Å². The van der Waals surface area contributed by atoms with Crippen molar-refractivity contribution in [1.29, 1.82) is 0 Å². The van der Waals surface area contributed by atoms with Gasteiger partial charge in [0.15, 0.2) is 11.6 Å². The van der Waals surface area contributed by atoms with Crippen LogP contribution in [0.5, 0.6) is 0 Å². The van der Waals surface area contributed by atoms with Gasteiger partial charge in [-0.1, -0.05) is 26.0 Å². The SMILES string of the molecule is CC(C)Cn1cnnc1C1CCCN1c1nc(-c2ccsc2)nc2ccccc12. The van der Waals surface area contributed by atoms with E-state index in [0.717, 1.165) is 59.9 Å². The third-order valence-corrected chi connectivity index (χ3v) is 6.08. The zero-order valence-electron chi connectivity index (χ0n) is 16.7. The fourth-order valence-corrected chi connectivity index (χ4v) is 4.78. The van der Waals surface area contributed by atoms with Crippen LogP contribution >= 0.6 is 11.3 Å². The van der Waals surface area contributed by atoms with Crippen molar-refractivity contribution in [3.05, 3.63) is 53.2 Å². The molecule has 1 aliphatic heterocycles. The van der Waals surface area contributed by atoms with Crippen LogP contribution in [0.15, 0.2) is 47.4 Å². The van der Waals surface area contributed by atoms with Gasteiger partial charge >= 0.3 is 0 Å². The van der Waals surface area contributed by atoms with Crippen LogP contribution in [0.2, 0.25) is 0 Å². The van der Waals surface area contributed by atoms with Gasteiger partial charge < -0.3 is 9.47 Å². The summed E-state index contributed by atoms with van der Waals surface area (Å²) in [5.41, 5.74) is 2.05. The van der Waals surface area contributed by atoms with Crippen LogP contribution in [-0.4, -0.2) is 31.3 Å². The molecule has 3 aromatic heterocycles. The topological polar surface area (TPSA) is 59.7 Å². The molecule has 1 aliphatic rings. The molecular weight excluding hydrogens is 380 g/mol. The predicted molar refractivity (Wildman–Crippen MR) is 117 cm³/mol. The Morgan fingerprint density at radius 2 is 2.07 bits per heavy atom. The molecule has 0 N–H and O–H groups in total. The van der Waals surface area contributed by atoms with Crippen molar-refractivity contribution in [2.24, 2.45) is 5.92 Å². The lowest BCUT2D eigenvalue weighted by molar-refractivity contribution is 0.487. The van der Waals surface area contributed by atoms with Gasteiger partial charge in [-0.25, -0.2) is 9.97 Å². The van der Waals surface area contributed by atoms with E-state index in [2.05, 4.69) is 68.5 Å². The first-order valence-electron chi connectivity index (χ1n) is 10.1. The summed E-state index contributed by atoms with van der Waals surface area (Å²) < 4.78 is 2.21. The van der Waals surface area contributed by atoms with Gasteiger partial charge in [0.2, 0.25) is 0 Å². The molecule has 0 bridgehead atoms. The van der Waals surface area contributed by atoms with Crippen molar-refractivity contribution in [2.75, 3.05) is 11.4 Å². The van der Waals surface area contributed by atoms with Crippen molar-refractivity contribution in [2.45, 2.75) is 39.3 Å². The highest BCUT2D eigenvalue weighted by Crippen LogP contribution is 2.38. The zero-order valence-corrected chi connectivity index (χ0v) is 17.5.